The molecule has 0 saturated heterocycles. The van der Waals surface area contributed by atoms with Gasteiger partial charge in [-0.1, -0.05) is 145 Å². The van der Waals surface area contributed by atoms with E-state index >= 15 is 0 Å². The predicted octanol–water partition coefficient (Wildman–Crippen LogP) is 9.25. The quantitative estimate of drug-likeness (QED) is 0.0445. The number of hydrogen-bond donors (Lipinski definition) is 2. The Morgan fingerprint density at radius 1 is 0.718 bits per heavy atom. The van der Waals surface area contributed by atoms with E-state index in [1.165, 1.54) is 103 Å². The van der Waals surface area contributed by atoms with Crippen molar-refractivity contribution in [2.75, 3.05) is 31.7 Å². The molecule has 0 aromatic heterocycles. The molecule has 7 nitrogen and oxygen atoms in total. The second kappa shape index (κ2) is 29.5. The predicted molar refractivity (Wildman–Crippen MR) is 167 cm³/mol. The van der Waals surface area contributed by atoms with Crippen LogP contribution >= 0.6 is 23.8 Å². The van der Waals surface area contributed by atoms with Gasteiger partial charge in [0.15, 0.2) is 0 Å². The molecule has 0 bridgehead atoms. The minimum atomic E-state index is -4.13. The Morgan fingerprint density at radius 2 is 1.18 bits per heavy atom. The van der Waals surface area contributed by atoms with Gasteiger partial charge in [0.1, 0.15) is 0 Å². The number of ether oxygens (including phenoxy) is 1. The zero-order chi connectivity index (χ0) is 28.9. The second-order valence-electron chi connectivity index (χ2n) is 10.7. The van der Waals surface area contributed by atoms with Crippen molar-refractivity contribution in [2.45, 2.75) is 155 Å². The number of phosphoric ester groups is 1. The molecule has 0 radical (unpaired) electrons. The number of unbranched alkanes of at least 4 members (excludes halogenated alkanes) is 18. The molecule has 0 heterocycles. The van der Waals surface area contributed by atoms with Gasteiger partial charge in [0.25, 0.3) is 0 Å². The zero-order valence-corrected chi connectivity index (χ0v) is 27.8. The summed E-state index contributed by atoms with van der Waals surface area (Å²) < 4.78 is 27.8. The Bertz CT molecular complexity index is 584. The van der Waals surface area contributed by atoms with E-state index in [1.807, 2.05) is 0 Å². The van der Waals surface area contributed by atoms with Gasteiger partial charge in [0, 0.05) is 24.9 Å². The lowest BCUT2D eigenvalue weighted by molar-refractivity contribution is -0.122. The van der Waals surface area contributed by atoms with Gasteiger partial charge < -0.3 is 14.9 Å². The fraction of sp³-hybridized carbons (Fsp3) is 0.967. The summed E-state index contributed by atoms with van der Waals surface area (Å²) in [6.07, 6.45) is 25.1. The molecule has 0 aromatic carbocycles. The third-order valence-electron chi connectivity index (χ3n) is 6.89. The Morgan fingerprint density at radius 3 is 1.67 bits per heavy atom. The minimum absolute atomic E-state index is 0.0102. The van der Waals surface area contributed by atoms with Crippen LogP contribution in [0, 0.1) is 0 Å². The number of amides is 1. The maximum atomic E-state index is 12.3. The first-order valence-corrected chi connectivity index (χ1v) is 18.6. The molecule has 2 N–H and O–H groups in total. The Balaban J connectivity index is 3.93. The largest absolute Gasteiger partial charge is 0.472 e. The minimum Gasteiger partial charge on any atom is -0.374 e. The summed E-state index contributed by atoms with van der Waals surface area (Å²) in [6, 6.07) is 0. The molecule has 0 rings (SSSR count). The normalized spacial score (nSPS) is 13.8. The lowest BCUT2D eigenvalue weighted by Gasteiger charge is -2.20. The number of carbonyl (C=O) groups is 1. The summed E-state index contributed by atoms with van der Waals surface area (Å²) in [5, 5.41) is 3.35. The Labute approximate surface area is 249 Å². The SMILES string of the molecule is CCCCCCCCCCCCCCCCCC(=O)NCC(COP(=O)(O)OCCBr)OCCCCCCC. The summed E-state index contributed by atoms with van der Waals surface area (Å²) in [5.41, 5.74) is 0. The third-order valence-corrected chi connectivity index (χ3v) is 8.20. The summed E-state index contributed by atoms with van der Waals surface area (Å²) in [6.45, 7) is 5.20. The van der Waals surface area contributed by atoms with E-state index in [0.29, 0.717) is 18.4 Å². The molecule has 0 saturated carbocycles. The van der Waals surface area contributed by atoms with Crippen LogP contribution in [0.15, 0.2) is 0 Å². The van der Waals surface area contributed by atoms with Crippen molar-refractivity contribution in [1.29, 1.82) is 0 Å². The van der Waals surface area contributed by atoms with Gasteiger partial charge in [-0.25, -0.2) is 4.57 Å². The van der Waals surface area contributed by atoms with Crippen molar-refractivity contribution in [1.82, 2.24) is 5.32 Å². The highest BCUT2D eigenvalue weighted by Crippen LogP contribution is 2.43. The Hall–Kier alpha value is 0.0200. The molecule has 9 heteroatoms. The fourth-order valence-corrected chi connectivity index (χ4v) is 5.62. The first-order chi connectivity index (χ1) is 18.9. The van der Waals surface area contributed by atoms with Crippen LogP contribution < -0.4 is 5.32 Å². The Kier molecular flexibility index (Phi) is 29.5. The van der Waals surface area contributed by atoms with Crippen molar-refractivity contribution in [3.05, 3.63) is 0 Å². The lowest BCUT2D eigenvalue weighted by Crippen LogP contribution is -2.36. The first kappa shape index (κ1) is 39.0. The summed E-state index contributed by atoms with van der Waals surface area (Å²) in [4.78, 5) is 22.1. The van der Waals surface area contributed by atoms with Gasteiger partial charge in [0.05, 0.1) is 19.3 Å². The second-order valence-corrected chi connectivity index (χ2v) is 12.9. The number of carbonyl (C=O) groups excluding carboxylic acids is 1. The van der Waals surface area contributed by atoms with Gasteiger partial charge in [-0.3, -0.25) is 13.8 Å². The van der Waals surface area contributed by atoms with E-state index in [2.05, 4.69) is 35.1 Å². The van der Waals surface area contributed by atoms with Crippen molar-refractivity contribution in [3.8, 4) is 0 Å². The average molecular weight is 643 g/mol. The monoisotopic (exact) mass is 641 g/mol. The van der Waals surface area contributed by atoms with Gasteiger partial charge in [-0.05, 0) is 12.8 Å². The van der Waals surface area contributed by atoms with Crippen molar-refractivity contribution >= 4 is 29.7 Å². The molecule has 234 valence electrons. The van der Waals surface area contributed by atoms with Crippen molar-refractivity contribution < 1.29 is 28.0 Å². The van der Waals surface area contributed by atoms with Crippen LogP contribution in [0.3, 0.4) is 0 Å². The van der Waals surface area contributed by atoms with E-state index in [-0.39, 0.29) is 25.7 Å². The van der Waals surface area contributed by atoms with Crippen molar-refractivity contribution in [3.63, 3.8) is 0 Å². The highest BCUT2D eigenvalue weighted by Gasteiger charge is 2.23. The number of phosphoric acid groups is 1. The number of alkyl halides is 1. The van der Waals surface area contributed by atoms with Crippen LogP contribution in [0.1, 0.15) is 149 Å². The number of hydrogen-bond acceptors (Lipinski definition) is 5. The highest BCUT2D eigenvalue weighted by atomic mass is 79.9. The molecule has 0 aliphatic rings. The lowest BCUT2D eigenvalue weighted by atomic mass is 10.0. The van der Waals surface area contributed by atoms with Crippen LogP contribution in [0.4, 0.5) is 0 Å². The van der Waals surface area contributed by atoms with Gasteiger partial charge in [-0.15, -0.1) is 0 Å². The van der Waals surface area contributed by atoms with Crippen LogP contribution in [-0.2, 0) is 23.1 Å². The van der Waals surface area contributed by atoms with Crippen molar-refractivity contribution in [2.24, 2.45) is 0 Å². The molecule has 2 atom stereocenters. The molecule has 39 heavy (non-hydrogen) atoms. The van der Waals surface area contributed by atoms with Gasteiger partial charge in [-0.2, -0.15) is 0 Å². The van der Waals surface area contributed by atoms with E-state index in [0.717, 1.165) is 25.7 Å². The topological polar surface area (TPSA) is 94.1 Å². The van der Waals surface area contributed by atoms with Crippen LogP contribution in [0.25, 0.3) is 0 Å². The van der Waals surface area contributed by atoms with Crippen LogP contribution in [-0.4, -0.2) is 48.6 Å². The number of rotatable bonds is 31. The first-order valence-electron chi connectivity index (χ1n) is 16.0. The molecule has 1 amide bonds. The van der Waals surface area contributed by atoms with E-state index in [1.54, 1.807) is 0 Å². The van der Waals surface area contributed by atoms with E-state index < -0.39 is 13.9 Å². The molecule has 2 unspecified atom stereocenters. The molecular weight excluding hydrogens is 581 g/mol. The van der Waals surface area contributed by atoms with E-state index in [9.17, 15) is 14.3 Å². The van der Waals surface area contributed by atoms with Gasteiger partial charge >= 0.3 is 7.82 Å². The van der Waals surface area contributed by atoms with Crippen LogP contribution in [0.5, 0.6) is 0 Å². The third kappa shape index (κ3) is 29.3. The standard InChI is InChI=1S/C30H61BrNO6P/c1-3-5-7-9-10-11-12-13-14-15-16-17-18-19-21-23-30(33)32-27-29(36-25-22-20-8-6-4-2)28-38-39(34,35)37-26-24-31/h29H,3-28H2,1-2H3,(H,32,33)(H,34,35). The molecule has 0 aliphatic heterocycles. The summed E-state index contributed by atoms with van der Waals surface area (Å²) in [5.74, 6) is -0.0102. The molecule has 0 spiro atoms. The molecule has 0 aliphatic carbocycles. The summed E-state index contributed by atoms with van der Waals surface area (Å²) >= 11 is 3.16. The zero-order valence-electron chi connectivity index (χ0n) is 25.3. The van der Waals surface area contributed by atoms with Crippen LogP contribution in [0.2, 0.25) is 0 Å². The maximum Gasteiger partial charge on any atom is 0.472 e. The molecule has 0 aromatic rings. The smallest absolute Gasteiger partial charge is 0.374 e. The average Bonchev–Trinajstić information content (AvgIpc) is 2.92. The maximum absolute atomic E-state index is 12.3. The molecule has 0 fully saturated rings. The van der Waals surface area contributed by atoms with Gasteiger partial charge in [0.2, 0.25) is 5.91 Å². The number of halogens is 1. The molecular formula is C30H61BrNO6P. The highest BCUT2D eigenvalue weighted by molar-refractivity contribution is 9.09. The van der Waals surface area contributed by atoms with E-state index in [4.69, 9.17) is 13.8 Å². The number of nitrogens with one attached hydrogen (secondary N) is 1. The summed E-state index contributed by atoms with van der Waals surface area (Å²) in [7, 11) is -4.13. The fourth-order valence-electron chi connectivity index (χ4n) is 4.46.